The number of rotatable bonds is 17. The van der Waals surface area contributed by atoms with Crippen molar-refractivity contribution in [2.45, 2.75) is 96.8 Å². The monoisotopic (exact) mass is 326 g/mol. The van der Waals surface area contributed by atoms with E-state index < -0.39 is 0 Å². The van der Waals surface area contributed by atoms with Crippen LogP contribution in [0.3, 0.4) is 0 Å². The maximum Gasteiger partial charge on any atom is 0.305 e. The summed E-state index contributed by atoms with van der Waals surface area (Å²) in [5.74, 6) is -0.0463. The third-order valence-corrected chi connectivity index (χ3v) is 4.00. The van der Waals surface area contributed by atoms with Crippen LogP contribution in [-0.2, 0) is 9.53 Å². The van der Waals surface area contributed by atoms with Gasteiger partial charge in [0.15, 0.2) is 0 Å². The van der Waals surface area contributed by atoms with E-state index in [9.17, 15) is 4.79 Å². The van der Waals surface area contributed by atoms with Crippen molar-refractivity contribution in [2.75, 3.05) is 13.2 Å². The molecule has 3 heteroatoms. The molecule has 0 rings (SSSR count). The van der Waals surface area contributed by atoms with Crippen molar-refractivity contribution in [2.24, 2.45) is 0 Å². The second-order valence-corrected chi connectivity index (χ2v) is 6.22. The molecule has 0 fully saturated rings. The lowest BCUT2D eigenvalue weighted by molar-refractivity contribution is -0.143. The number of allylic oxidation sites excluding steroid dienone is 2. The second-order valence-electron chi connectivity index (χ2n) is 6.22. The summed E-state index contributed by atoms with van der Waals surface area (Å²) in [6.07, 6.45) is 20.8. The first-order valence-electron chi connectivity index (χ1n) is 9.72. The van der Waals surface area contributed by atoms with E-state index in [1.165, 1.54) is 51.4 Å². The molecule has 0 atom stereocenters. The van der Waals surface area contributed by atoms with Gasteiger partial charge in [-0.1, -0.05) is 57.1 Å². The predicted molar refractivity (Wildman–Crippen MR) is 97.5 cm³/mol. The van der Waals surface area contributed by atoms with Crippen LogP contribution >= 0.6 is 0 Å². The van der Waals surface area contributed by atoms with Gasteiger partial charge in [0.05, 0.1) is 6.61 Å². The lowest BCUT2D eigenvalue weighted by Gasteiger charge is -2.03. The number of carbonyl (C=O) groups excluding carboxylic acids is 1. The molecule has 0 aliphatic carbocycles. The van der Waals surface area contributed by atoms with Crippen LogP contribution in [0.5, 0.6) is 0 Å². The summed E-state index contributed by atoms with van der Waals surface area (Å²) < 4.78 is 4.91. The van der Waals surface area contributed by atoms with Crippen molar-refractivity contribution in [3.8, 4) is 0 Å². The maximum atomic E-state index is 11.2. The molecular formula is C20H38O3. The van der Waals surface area contributed by atoms with Crippen LogP contribution in [0.2, 0.25) is 0 Å². The third-order valence-electron chi connectivity index (χ3n) is 4.00. The standard InChI is InChI=1S/C20H38O3/c1-2-23-20(22)18-16-14-12-10-8-6-4-3-5-7-9-11-13-15-17-19-21/h9,11,21H,2-8,10,12-19H2,1H3. The minimum atomic E-state index is -0.0463. The molecule has 0 aliphatic heterocycles. The quantitative estimate of drug-likeness (QED) is 0.216. The van der Waals surface area contributed by atoms with Gasteiger partial charge in [0.2, 0.25) is 0 Å². The molecule has 23 heavy (non-hydrogen) atoms. The lowest BCUT2D eigenvalue weighted by atomic mass is 10.1. The first-order valence-corrected chi connectivity index (χ1v) is 9.72. The van der Waals surface area contributed by atoms with E-state index in [1.54, 1.807) is 0 Å². The van der Waals surface area contributed by atoms with Gasteiger partial charge in [0.1, 0.15) is 0 Å². The normalized spacial score (nSPS) is 11.2. The molecule has 0 spiro atoms. The van der Waals surface area contributed by atoms with Gasteiger partial charge in [-0.15, -0.1) is 0 Å². The highest BCUT2D eigenvalue weighted by Gasteiger charge is 2.00. The second kappa shape index (κ2) is 19.2. The topological polar surface area (TPSA) is 46.5 Å². The third kappa shape index (κ3) is 19.1. The SMILES string of the molecule is CCOC(=O)CCCCCCCCCCCC=CCCCCO. The number of hydrogen-bond acceptors (Lipinski definition) is 3. The molecule has 0 saturated heterocycles. The summed E-state index contributed by atoms with van der Waals surface area (Å²) in [4.78, 5) is 11.2. The lowest BCUT2D eigenvalue weighted by Crippen LogP contribution is -2.03. The summed E-state index contributed by atoms with van der Waals surface area (Å²) >= 11 is 0. The van der Waals surface area contributed by atoms with Gasteiger partial charge in [-0.2, -0.15) is 0 Å². The number of esters is 1. The summed E-state index contributed by atoms with van der Waals surface area (Å²) in [5.41, 5.74) is 0. The zero-order valence-corrected chi connectivity index (χ0v) is 15.2. The van der Waals surface area contributed by atoms with E-state index in [0.29, 0.717) is 19.6 Å². The first kappa shape index (κ1) is 22.2. The Morgan fingerprint density at radius 1 is 0.783 bits per heavy atom. The molecule has 0 aromatic heterocycles. The molecule has 1 N–H and O–H groups in total. The van der Waals surface area contributed by atoms with Crippen LogP contribution in [-0.4, -0.2) is 24.3 Å². The number of hydrogen-bond donors (Lipinski definition) is 1. The Morgan fingerprint density at radius 3 is 1.78 bits per heavy atom. The van der Waals surface area contributed by atoms with Crippen molar-refractivity contribution in [3.63, 3.8) is 0 Å². The Hall–Kier alpha value is -0.830. The fourth-order valence-corrected chi connectivity index (χ4v) is 2.61. The zero-order chi connectivity index (χ0) is 17.0. The Balaban J connectivity index is 3.09. The average molecular weight is 327 g/mol. The van der Waals surface area contributed by atoms with Crippen molar-refractivity contribution in [1.29, 1.82) is 0 Å². The highest BCUT2D eigenvalue weighted by atomic mass is 16.5. The number of carbonyl (C=O) groups is 1. The fourth-order valence-electron chi connectivity index (χ4n) is 2.61. The Morgan fingerprint density at radius 2 is 1.26 bits per heavy atom. The Bertz CT molecular complexity index is 274. The van der Waals surface area contributed by atoms with Crippen molar-refractivity contribution < 1.29 is 14.6 Å². The van der Waals surface area contributed by atoms with Crippen LogP contribution in [0.25, 0.3) is 0 Å². The van der Waals surface area contributed by atoms with E-state index in [-0.39, 0.29) is 5.97 Å². The van der Waals surface area contributed by atoms with Gasteiger partial charge in [0.25, 0.3) is 0 Å². The molecule has 0 heterocycles. The Labute approximate surface area is 143 Å². The molecule has 0 unspecified atom stereocenters. The van der Waals surface area contributed by atoms with E-state index in [1.807, 2.05) is 6.92 Å². The molecule has 3 nitrogen and oxygen atoms in total. The van der Waals surface area contributed by atoms with E-state index >= 15 is 0 Å². The minimum absolute atomic E-state index is 0.0463. The fraction of sp³-hybridized carbons (Fsp3) is 0.850. The van der Waals surface area contributed by atoms with Gasteiger partial charge < -0.3 is 9.84 Å². The molecular weight excluding hydrogens is 288 g/mol. The summed E-state index contributed by atoms with van der Waals surface area (Å²) in [6.45, 7) is 2.67. The summed E-state index contributed by atoms with van der Waals surface area (Å²) in [5, 5.41) is 8.67. The molecule has 0 aromatic carbocycles. The predicted octanol–water partition coefficient (Wildman–Crippen LogP) is 5.56. The number of unbranched alkanes of at least 4 members (excludes halogenated alkanes) is 11. The largest absolute Gasteiger partial charge is 0.466 e. The van der Waals surface area contributed by atoms with Crippen LogP contribution in [0.4, 0.5) is 0 Å². The van der Waals surface area contributed by atoms with Crippen LogP contribution in [0, 0.1) is 0 Å². The van der Waals surface area contributed by atoms with E-state index in [4.69, 9.17) is 9.84 Å². The molecule has 0 saturated carbocycles. The Kier molecular flexibility index (Phi) is 18.5. The van der Waals surface area contributed by atoms with Crippen LogP contribution in [0.15, 0.2) is 12.2 Å². The molecule has 0 radical (unpaired) electrons. The summed E-state index contributed by atoms with van der Waals surface area (Å²) in [6, 6.07) is 0. The summed E-state index contributed by atoms with van der Waals surface area (Å²) in [7, 11) is 0. The molecule has 0 aromatic rings. The van der Waals surface area contributed by atoms with Crippen LogP contribution < -0.4 is 0 Å². The van der Waals surface area contributed by atoms with Gasteiger partial charge in [-0.3, -0.25) is 4.79 Å². The number of ether oxygens (including phenoxy) is 1. The van der Waals surface area contributed by atoms with Crippen molar-refractivity contribution >= 4 is 5.97 Å². The molecule has 0 bridgehead atoms. The molecule has 136 valence electrons. The number of aliphatic hydroxyl groups excluding tert-OH is 1. The van der Waals surface area contributed by atoms with Gasteiger partial charge >= 0.3 is 5.97 Å². The van der Waals surface area contributed by atoms with Gasteiger partial charge in [-0.05, 0) is 45.4 Å². The molecule has 0 amide bonds. The maximum absolute atomic E-state index is 11.2. The van der Waals surface area contributed by atoms with E-state index in [2.05, 4.69) is 12.2 Å². The van der Waals surface area contributed by atoms with Crippen molar-refractivity contribution in [3.05, 3.63) is 12.2 Å². The van der Waals surface area contributed by atoms with Gasteiger partial charge in [-0.25, -0.2) is 0 Å². The first-order chi connectivity index (χ1) is 11.3. The highest BCUT2D eigenvalue weighted by Crippen LogP contribution is 2.12. The molecule has 0 aliphatic rings. The average Bonchev–Trinajstić information content (AvgIpc) is 2.54. The van der Waals surface area contributed by atoms with Crippen molar-refractivity contribution in [1.82, 2.24) is 0 Å². The smallest absolute Gasteiger partial charge is 0.305 e. The van der Waals surface area contributed by atoms with Crippen LogP contribution in [0.1, 0.15) is 96.8 Å². The number of aliphatic hydroxyl groups is 1. The zero-order valence-electron chi connectivity index (χ0n) is 15.2. The van der Waals surface area contributed by atoms with Gasteiger partial charge in [0, 0.05) is 13.0 Å². The highest BCUT2D eigenvalue weighted by molar-refractivity contribution is 5.69. The minimum Gasteiger partial charge on any atom is -0.466 e. The van der Waals surface area contributed by atoms with E-state index in [0.717, 1.165) is 32.1 Å².